The number of aromatic nitrogens is 1. The summed E-state index contributed by atoms with van der Waals surface area (Å²) in [6, 6.07) is 1.30. The van der Waals surface area contributed by atoms with Gasteiger partial charge in [-0.3, -0.25) is 0 Å². The van der Waals surface area contributed by atoms with Gasteiger partial charge in [-0.2, -0.15) is 0 Å². The van der Waals surface area contributed by atoms with Gasteiger partial charge < -0.3 is 19.8 Å². The molecule has 0 aromatic carbocycles. The van der Waals surface area contributed by atoms with Gasteiger partial charge in [-0.15, -0.1) is 0 Å². The molecule has 6 heteroatoms. The molecule has 0 fully saturated rings. The van der Waals surface area contributed by atoms with Crippen LogP contribution in [-0.4, -0.2) is 28.2 Å². The lowest BCUT2D eigenvalue weighted by Gasteiger charge is -2.24. The summed E-state index contributed by atoms with van der Waals surface area (Å²) in [6.45, 7) is 12.8. The molecule has 1 heterocycles. The molecule has 1 aromatic rings. The van der Waals surface area contributed by atoms with Crippen molar-refractivity contribution in [2.24, 2.45) is 0 Å². The van der Waals surface area contributed by atoms with E-state index in [0.717, 1.165) is 0 Å². The molecule has 1 rings (SSSR count). The number of amides is 1. The second-order valence-electron chi connectivity index (χ2n) is 7.41. The number of esters is 1. The molecule has 6 nitrogen and oxygen atoms in total. The lowest BCUT2D eigenvalue weighted by Crippen LogP contribution is -2.35. The quantitative estimate of drug-likeness (QED) is 0.822. The number of rotatable bonds is 4. The highest BCUT2D eigenvalue weighted by Gasteiger charge is 2.26. The van der Waals surface area contributed by atoms with Gasteiger partial charge in [0.2, 0.25) is 0 Å². The van der Waals surface area contributed by atoms with Gasteiger partial charge in [0.05, 0.1) is 17.3 Å². The summed E-state index contributed by atoms with van der Waals surface area (Å²) < 4.78 is 10.7. The number of nitrogens with one attached hydrogen (secondary N) is 2. The number of aromatic amines is 1. The normalized spacial score (nSPS) is 13.3. The van der Waals surface area contributed by atoms with Crippen LogP contribution in [-0.2, 0) is 9.47 Å². The van der Waals surface area contributed by atoms with Gasteiger partial charge in [0.15, 0.2) is 0 Å². The number of alkyl carbamates (subject to hydrolysis) is 1. The third kappa shape index (κ3) is 6.34. The Kier molecular flexibility index (Phi) is 5.86. The highest BCUT2D eigenvalue weighted by molar-refractivity contribution is 5.91. The molecule has 1 atom stereocenters. The van der Waals surface area contributed by atoms with Crippen LogP contribution in [0, 0.1) is 0 Å². The number of carbonyl (C=O) groups is 2. The molecular weight excluding hydrogens is 296 g/mol. The zero-order valence-electron chi connectivity index (χ0n) is 15.1. The van der Waals surface area contributed by atoms with Gasteiger partial charge in [0.1, 0.15) is 11.2 Å². The number of hydrogen-bond donors (Lipinski definition) is 2. The van der Waals surface area contributed by atoms with Gasteiger partial charge in [-0.1, -0.05) is 6.92 Å². The van der Waals surface area contributed by atoms with E-state index in [-0.39, 0.29) is 6.04 Å². The molecule has 1 amide bonds. The summed E-state index contributed by atoms with van der Waals surface area (Å²) in [5, 5.41) is 2.78. The maximum atomic E-state index is 12.3. The molecule has 0 aliphatic carbocycles. The van der Waals surface area contributed by atoms with E-state index in [9.17, 15) is 9.59 Å². The SMILES string of the molecule is CCC(NC(=O)OC(C)(C)C)c1[nH]ccc1C(=O)OC(C)(C)C. The number of hydrogen-bond acceptors (Lipinski definition) is 4. The molecule has 0 saturated heterocycles. The summed E-state index contributed by atoms with van der Waals surface area (Å²) in [5.74, 6) is -0.418. The van der Waals surface area contributed by atoms with Crippen molar-refractivity contribution in [2.45, 2.75) is 72.1 Å². The summed E-state index contributed by atoms with van der Waals surface area (Å²) >= 11 is 0. The van der Waals surface area contributed by atoms with Gasteiger partial charge in [0, 0.05) is 6.20 Å². The zero-order chi connectivity index (χ0) is 17.8. The van der Waals surface area contributed by atoms with Crippen molar-refractivity contribution < 1.29 is 19.1 Å². The first-order valence-electron chi connectivity index (χ1n) is 7.83. The molecule has 0 aliphatic rings. The number of H-pyrrole nitrogens is 1. The number of ether oxygens (including phenoxy) is 2. The van der Waals surface area contributed by atoms with E-state index in [0.29, 0.717) is 17.7 Å². The third-order valence-corrected chi connectivity index (χ3v) is 2.85. The average Bonchev–Trinajstić information content (AvgIpc) is 2.80. The van der Waals surface area contributed by atoms with E-state index in [1.807, 2.05) is 27.7 Å². The van der Waals surface area contributed by atoms with E-state index in [1.54, 1.807) is 33.0 Å². The topological polar surface area (TPSA) is 80.4 Å². The van der Waals surface area contributed by atoms with E-state index in [4.69, 9.17) is 9.47 Å². The molecule has 2 N–H and O–H groups in total. The Hall–Kier alpha value is -1.98. The molecule has 0 radical (unpaired) electrons. The molecular formula is C17H28N2O4. The van der Waals surface area contributed by atoms with Gasteiger partial charge >= 0.3 is 12.1 Å². The second kappa shape index (κ2) is 7.06. The van der Waals surface area contributed by atoms with Crippen LogP contribution >= 0.6 is 0 Å². The van der Waals surface area contributed by atoms with E-state index < -0.39 is 23.3 Å². The first-order chi connectivity index (χ1) is 10.4. The molecule has 130 valence electrons. The lowest BCUT2D eigenvalue weighted by atomic mass is 10.1. The fraction of sp³-hybridized carbons (Fsp3) is 0.647. The van der Waals surface area contributed by atoms with Gasteiger partial charge in [-0.25, -0.2) is 9.59 Å². The monoisotopic (exact) mass is 324 g/mol. The molecule has 0 saturated carbocycles. The largest absolute Gasteiger partial charge is 0.456 e. The maximum absolute atomic E-state index is 12.3. The molecule has 23 heavy (non-hydrogen) atoms. The Morgan fingerprint density at radius 3 is 2.17 bits per heavy atom. The standard InChI is InChI=1S/C17H28N2O4/c1-8-12(19-15(21)23-17(5,6)7)13-11(9-10-18-13)14(20)22-16(2,3)4/h9-10,12,18H,8H2,1-7H3,(H,19,21). The number of carbonyl (C=O) groups excluding carboxylic acids is 2. The average molecular weight is 324 g/mol. The fourth-order valence-corrected chi connectivity index (χ4v) is 2.01. The van der Waals surface area contributed by atoms with Crippen molar-refractivity contribution in [3.8, 4) is 0 Å². The zero-order valence-corrected chi connectivity index (χ0v) is 15.1. The van der Waals surface area contributed by atoms with Crippen LogP contribution in [0.4, 0.5) is 4.79 Å². The minimum absolute atomic E-state index is 0.359. The summed E-state index contributed by atoms with van der Waals surface area (Å²) in [6.07, 6.45) is 1.75. The first kappa shape index (κ1) is 19.1. The highest BCUT2D eigenvalue weighted by atomic mass is 16.6. The van der Waals surface area contributed by atoms with E-state index >= 15 is 0 Å². The maximum Gasteiger partial charge on any atom is 0.408 e. The van der Waals surface area contributed by atoms with E-state index in [2.05, 4.69) is 10.3 Å². The summed E-state index contributed by atoms with van der Waals surface area (Å²) in [4.78, 5) is 27.3. The Bertz CT molecular complexity index is 550. The molecule has 0 spiro atoms. The predicted molar refractivity (Wildman–Crippen MR) is 88.4 cm³/mol. The Labute approximate surface area is 137 Å². The third-order valence-electron chi connectivity index (χ3n) is 2.85. The van der Waals surface area contributed by atoms with Crippen molar-refractivity contribution in [2.75, 3.05) is 0 Å². The van der Waals surface area contributed by atoms with Crippen LogP contribution in [0.25, 0.3) is 0 Å². The highest BCUT2D eigenvalue weighted by Crippen LogP contribution is 2.23. The van der Waals surface area contributed by atoms with Gasteiger partial charge in [0.25, 0.3) is 0 Å². The van der Waals surface area contributed by atoms with Gasteiger partial charge in [-0.05, 0) is 54.0 Å². The minimum atomic E-state index is -0.577. The van der Waals surface area contributed by atoms with Crippen LogP contribution in [0.1, 0.15) is 77.0 Å². The van der Waals surface area contributed by atoms with Crippen LogP contribution in [0.5, 0.6) is 0 Å². The van der Waals surface area contributed by atoms with Crippen molar-refractivity contribution in [1.82, 2.24) is 10.3 Å². The van der Waals surface area contributed by atoms with E-state index in [1.165, 1.54) is 0 Å². The first-order valence-corrected chi connectivity index (χ1v) is 7.83. The van der Waals surface area contributed by atoms with Crippen molar-refractivity contribution >= 4 is 12.1 Å². The van der Waals surface area contributed by atoms with Crippen molar-refractivity contribution in [3.05, 3.63) is 23.5 Å². The molecule has 1 aromatic heterocycles. The smallest absolute Gasteiger partial charge is 0.408 e. The Morgan fingerprint density at radius 2 is 1.70 bits per heavy atom. The predicted octanol–water partition coefficient (Wildman–Crippen LogP) is 3.95. The lowest BCUT2D eigenvalue weighted by molar-refractivity contribution is 0.00663. The molecule has 0 bridgehead atoms. The Balaban J connectivity index is 2.90. The van der Waals surface area contributed by atoms with Crippen LogP contribution in [0.2, 0.25) is 0 Å². The summed E-state index contributed by atoms with van der Waals surface area (Å²) in [5.41, 5.74) is -0.117. The van der Waals surface area contributed by atoms with Crippen LogP contribution < -0.4 is 5.32 Å². The van der Waals surface area contributed by atoms with Crippen LogP contribution in [0.3, 0.4) is 0 Å². The molecule has 0 aliphatic heterocycles. The van der Waals surface area contributed by atoms with Crippen LogP contribution in [0.15, 0.2) is 12.3 Å². The minimum Gasteiger partial charge on any atom is -0.456 e. The van der Waals surface area contributed by atoms with Crippen molar-refractivity contribution in [1.29, 1.82) is 0 Å². The van der Waals surface area contributed by atoms with Crippen molar-refractivity contribution in [3.63, 3.8) is 0 Å². The fourth-order valence-electron chi connectivity index (χ4n) is 2.01. The summed E-state index contributed by atoms with van der Waals surface area (Å²) in [7, 11) is 0. The molecule has 1 unspecified atom stereocenters. The Morgan fingerprint density at radius 1 is 1.13 bits per heavy atom. The second-order valence-corrected chi connectivity index (χ2v) is 7.41.